The number of nitrogens with two attached hydrogens (primary N) is 1. The fourth-order valence-electron chi connectivity index (χ4n) is 3.59. The lowest BCUT2D eigenvalue weighted by Gasteiger charge is -2.13. The van der Waals surface area contributed by atoms with Crippen LogP contribution < -0.4 is 5.73 Å². The van der Waals surface area contributed by atoms with Crippen molar-refractivity contribution < 1.29 is 0 Å². The number of hydrogen-bond donors (Lipinski definition) is 2. The Bertz CT molecular complexity index is 1320. The van der Waals surface area contributed by atoms with Gasteiger partial charge in [-0.2, -0.15) is 5.10 Å². The van der Waals surface area contributed by atoms with Crippen LogP contribution in [0.25, 0.3) is 44.8 Å². The summed E-state index contributed by atoms with van der Waals surface area (Å²) in [5, 5.41) is 8.05. The predicted molar refractivity (Wildman–Crippen MR) is 118 cm³/mol. The standard InChI is InChI=1S/C24H20N6/c1-15-27-24(30-29-15)23-20-13-19(17-5-3-2-4-6-17)22(28-21(20)11-12-26-23)18-9-7-16(14-25)8-10-18/h2-13H,14,25H2,1H3,(H,27,29,30). The highest BCUT2D eigenvalue weighted by molar-refractivity contribution is 5.97. The van der Waals surface area contributed by atoms with Crippen LogP contribution in [0, 0.1) is 6.92 Å². The zero-order valence-electron chi connectivity index (χ0n) is 16.5. The van der Waals surface area contributed by atoms with Gasteiger partial charge < -0.3 is 5.73 Å². The van der Waals surface area contributed by atoms with Crippen molar-refractivity contribution in [2.24, 2.45) is 5.73 Å². The van der Waals surface area contributed by atoms with Gasteiger partial charge >= 0.3 is 0 Å². The van der Waals surface area contributed by atoms with Gasteiger partial charge in [-0.05, 0) is 30.2 Å². The van der Waals surface area contributed by atoms with E-state index in [0.29, 0.717) is 18.2 Å². The topological polar surface area (TPSA) is 93.4 Å². The maximum atomic E-state index is 5.77. The molecule has 3 N–H and O–H groups in total. The van der Waals surface area contributed by atoms with E-state index in [1.807, 2.05) is 43.3 Å². The van der Waals surface area contributed by atoms with E-state index in [-0.39, 0.29) is 0 Å². The number of hydrogen-bond acceptors (Lipinski definition) is 5. The number of fused-ring (bicyclic) bond motifs is 1. The number of H-pyrrole nitrogens is 1. The molecule has 3 heterocycles. The van der Waals surface area contributed by atoms with Crippen molar-refractivity contribution in [1.82, 2.24) is 25.1 Å². The number of rotatable bonds is 4. The molecular weight excluding hydrogens is 372 g/mol. The van der Waals surface area contributed by atoms with Crippen LogP contribution in [0.15, 0.2) is 72.9 Å². The summed E-state index contributed by atoms with van der Waals surface area (Å²) in [6, 6.07) is 22.6. The lowest BCUT2D eigenvalue weighted by atomic mass is 9.96. The summed E-state index contributed by atoms with van der Waals surface area (Å²) < 4.78 is 0. The average Bonchev–Trinajstić information content (AvgIpc) is 3.24. The van der Waals surface area contributed by atoms with Gasteiger partial charge in [0.15, 0.2) is 5.82 Å². The molecule has 0 radical (unpaired) electrons. The van der Waals surface area contributed by atoms with Gasteiger partial charge in [0, 0.05) is 29.3 Å². The molecule has 6 nitrogen and oxygen atoms in total. The maximum absolute atomic E-state index is 5.77. The molecule has 6 heteroatoms. The molecule has 0 aliphatic carbocycles. The molecule has 0 aliphatic rings. The Kier molecular flexibility index (Phi) is 4.53. The summed E-state index contributed by atoms with van der Waals surface area (Å²) in [6.45, 7) is 2.37. The summed E-state index contributed by atoms with van der Waals surface area (Å²) in [7, 11) is 0. The lowest BCUT2D eigenvalue weighted by molar-refractivity contribution is 1.04. The molecule has 0 amide bonds. The first-order chi connectivity index (χ1) is 14.7. The van der Waals surface area contributed by atoms with Crippen LogP contribution in [0.3, 0.4) is 0 Å². The first-order valence-corrected chi connectivity index (χ1v) is 9.77. The molecule has 0 bridgehead atoms. The van der Waals surface area contributed by atoms with Gasteiger partial charge in [0.1, 0.15) is 11.5 Å². The average molecular weight is 392 g/mol. The molecule has 0 unspecified atom stereocenters. The maximum Gasteiger partial charge on any atom is 0.175 e. The van der Waals surface area contributed by atoms with E-state index in [4.69, 9.17) is 10.7 Å². The van der Waals surface area contributed by atoms with Crippen molar-refractivity contribution in [3.8, 4) is 33.9 Å². The van der Waals surface area contributed by atoms with E-state index in [0.717, 1.165) is 44.5 Å². The zero-order chi connectivity index (χ0) is 20.5. The Morgan fingerprint density at radius 2 is 1.67 bits per heavy atom. The minimum Gasteiger partial charge on any atom is -0.326 e. The van der Waals surface area contributed by atoms with E-state index in [9.17, 15) is 0 Å². The van der Waals surface area contributed by atoms with Gasteiger partial charge in [-0.1, -0.05) is 54.6 Å². The quantitative estimate of drug-likeness (QED) is 0.469. The van der Waals surface area contributed by atoms with Crippen molar-refractivity contribution >= 4 is 10.9 Å². The van der Waals surface area contributed by atoms with Crippen molar-refractivity contribution in [3.05, 3.63) is 84.3 Å². The van der Waals surface area contributed by atoms with Gasteiger partial charge in [-0.3, -0.25) is 10.1 Å². The van der Waals surface area contributed by atoms with Gasteiger partial charge in [0.2, 0.25) is 0 Å². The smallest absolute Gasteiger partial charge is 0.175 e. The molecule has 0 aliphatic heterocycles. The fraction of sp³-hybridized carbons (Fsp3) is 0.0833. The number of nitrogens with one attached hydrogen (secondary N) is 1. The summed E-state index contributed by atoms with van der Waals surface area (Å²) in [4.78, 5) is 14.1. The van der Waals surface area contributed by atoms with Crippen LogP contribution in [0.1, 0.15) is 11.4 Å². The Morgan fingerprint density at radius 1 is 0.867 bits per heavy atom. The number of pyridine rings is 2. The van der Waals surface area contributed by atoms with Crippen LogP contribution in [-0.4, -0.2) is 25.1 Å². The highest BCUT2D eigenvalue weighted by Gasteiger charge is 2.16. The second-order valence-electron chi connectivity index (χ2n) is 7.11. The largest absolute Gasteiger partial charge is 0.326 e. The summed E-state index contributed by atoms with van der Waals surface area (Å²) in [5.74, 6) is 1.32. The molecule has 5 aromatic rings. The van der Waals surface area contributed by atoms with Crippen LogP contribution in [0.5, 0.6) is 0 Å². The van der Waals surface area contributed by atoms with Gasteiger partial charge in [-0.15, -0.1) is 0 Å². The van der Waals surface area contributed by atoms with Gasteiger partial charge in [0.05, 0.1) is 11.2 Å². The fourth-order valence-corrected chi connectivity index (χ4v) is 3.59. The number of aromatic nitrogens is 5. The number of aryl methyl sites for hydroxylation is 1. The van der Waals surface area contributed by atoms with Crippen molar-refractivity contribution in [2.75, 3.05) is 0 Å². The molecule has 0 atom stereocenters. The minimum absolute atomic E-state index is 0.516. The molecule has 3 aromatic heterocycles. The van der Waals surface area contributed by atoms with Crippen LogP contribution >= 0.6 is 0 Å². The molecule has 0 saturated heterocycles. The lowest BCUT2D eigenvalue weighted by Crippen LogP contribution is -1.97. The van der Waals surface area contributed by atoms with Crippen molar-refractivity contribution in [2.45, 2.75) is 13.5 Å². The van der Waals surface area contributed by atoms with E-state index in [1.54, 1.807) is 6.20 Å². The van der Waals surface area contributed by atoms with Crippen molar-refractivity contribution in [1.29, 1.82) is 0 Å². The molecule has 30 heavy (non-hydrogen) atoms. The number of nitrogens with zero attached hydrogens (tertiary/aromatic N) is 4. The third kappa shape index (κ3) is 3.23. The highest BCUT2D eigenvalue weighted by Crippen LogP contribution is 2.35. The number of benzene rings is 2. The molecule has 0 saturated carbocycles. The Labute approximate surface area is 173 Å². The van der Waals surface area contributed by atoms with Gasteiger partial charge in [0.25, 0.3) is 0 Å². The van der Waals surface area contributed by atoms with E-state index < -0.39 is 0 Å². The van der Waals surface area contributed by atoms with Crippen molar-refractivity contribution in [3.63, 3.8) is 0 Å². The second kappa shape index (κ2) is 7.50. The predicted octanol–water partition coefficient (Wildman–Crippen LogP) is 4.52. The summed E-state index contributed by atoms with van der Waals surface area (Å²) in [5.41, 5.74) is 12.5. The highest BCUT2D eigenvalue weighted by atomic mass is 15.2. The molecule has 2 aromatic carbocycles. The van der Waals surface area contributed by atoms with Crippen LogP contribution in [0.4, 0.5) is 0 Å². The minimum atomic E-state index is 0.516. The number of aromatic amines is 1. The summed E-state index contributed by atoms with van der Waals surface area (Å²) in [6.07, 6.45) is 1.76. The van der Waals surface area contributed by atoms with E-state index in [1.165, 1.54) is 0 Å². The molecule has 146 valence electrons. The SMILES string of the molecule is Cc1n[nH]c(-c2nccc3nc(-c4ccc(CN)cc4)c(-c4ccccc4)cc23)n1. The van der Waals surface area contributed by atoms with Crippen LogP contribution in [0.2, 0.25) is 0 Å². The normalized spacial score (nSPS) is 11.1. The second-order valence-corrected chi connectivity index (χ2v) is 7.11. The van der Waals surface area contributed by atoms with Crippen LogP contribution in [-0.2, 0) is 6.54 Å². The third-order valence-electron chi connectivity index (χ3n) is 5.11. The van der Waals surface area contributed by atoms with E-state index >= 15 is 0 Å². The molecule has 5 rings (SSSR count). The monoisotopic (exact) mass is 392 g/mol. The molecular formula is C24H20N6. The first kappa shape index (κ1) is 18.1. The summed E-state index contributed by atoms with van der Waals surface area (Å²) >= 11 is 0. The molecule has 0 fully saturated rings. The molecule has 0 spiro atoms. The Balaban J connectivity index is 1.79. The first-order valence-electron chi connectivity index (χ1n) is 9.77. The Hall–Kier alpha value is -3.90. The third-order valence-corrected chi connectivity index (χ3v) is 5.11. The Morgan fingerprint density at radius 3 is 2.37 bits per heavy atom. The zero-order valence-corrected chi connectivity index (χ0v) is 16.5. The van der Waals surface area contributed by atoms with Gasteiger partial charge in [-0.25, -0.2) is 9.97 Å². The van der Waals surface area contributed by atoms with E-state index in [2.05, 4.69) is 50.5 Å².